The van der Waals surface area contributed by atoms with Crippen molar-refractivity contribution >= 4 is 14.0 Å². The fourth-order valence-electron chi connectivity index (χ4n) is 2.06. The zero-order valence-corrected chi connectivity index (χ0v) is 16.6. The third kappa shape index (κ3) is 14.9. The van der Waals surface area contributed by atoms with Gasteiger partial charge in [-0.1, -0.05) is 45.3 Å². The first-order valence-corrected chi connectivity index (χ1v) is 12.4. The molecule has 0 aromatic carbocycles. The maximum atomic E-state index is 11.0. The lowest BCUT2D eigenvalue weighted by Crippen LogP contribution is -2.22. The lowest BCUT2D eigenvalue weighted by molar-refractivity contribution is -0.150. The number of hydrogen-bond acceptors (Lipinski definition) is 5. The quantitative estimate of drug-likeness (QED) is 0.225. The van der Waals surface area contributed by atoms with Gasteiger partial charge in [-0.05, 0) is 25.8 Å². The Morgan fingerprint density at radius 2 is 1.70 bits per heavy atom. The van der Waals surface area contributed by atoms with Crippen molar-refractivity contribution in [2.75, 3.05) is 20.5 Å². The van der Waals surface area contributed by atoms with Gasteiger partial charge in [-0.3, -0.25) is 0 Å². The van der Waals surface area contributed by atoms with Gasteiger partial charge >= 0.3 is 5.97 Å². The molecule has 0 rings (SSSR count). The molecule has 2 atom stereocenters. The fraction of sp³-hybridized carbons (Fsp3) is 0.941. The first-order chi connectivity index (χ1) is 10.8. The van der Waals surface area contributed by atoms with Crippen molar-refractivity contribution in [1.29, 1.82) is 0 Å². The highest BCUT2D eigenvalue weighted by Crippen LogP contribution is 2.11. The van der Waals surface area contributed by atoms with Crippen LogP contribution in [-0.4, -0.2) is 51.9 Å². The number of unbranched alkanes of at least 4 members (excludes halogenated alkanes) is 3. The van der Waals surface area contributed by atoms with Crippen molar-refractivity contribution < 1.29 is 24.1 Å². The fourth-order valence-corrected chi connectivity index (χ4v) is 2.82. The second-order valence-corrected chi connectivity index (χ2v) is 13.0. The number of aliphatic hydroxyl groups is 1. The van der Waals surface area contributed by atoms with Crippen molar-refractivity contribution in [3.63, 3.8) is 0 Å². The molecule has 6 heteroatoms. The van der Waals surface area contributed by atoms with Gasteiger partial charge in [-0.25, -0.2) is 4.79 Å². The second-order valence-electron chi connectivity index (χ2n) is 7.34. The molecule has 0 spiro atoms. The monoisotopic (exact) mass is 348 g/mol. The van der Waals surface area contributed by atoms with Crippen molar-refractivity contribution in [2.24, 2.45) is 0 Å². The Morgan fingerprint density at radius 3 is 2.26 bits per heavy atom. The molecule has 0 aliphatic rings. The van der Waals surface area contributed by atoms with Crippen molar-refractivity contribution in [2.45, 2.75) is 83.3 Å². The Balaban J connectivity index is 3.40. The molecule has 0 amide bonds. The summed E-state index contributed by atoms with van der Waals surface area (Å²) in [5.41, 5.74) is 0. The zero-order chi connectivity index (χ0) is 17.7. The van der Waals surface area contributed by atoms with Gasteiger partial charge in [-0.2, -0.15) is 0 Å². The number of ether oxygens (including phenoxy) is 3. The summed E-state index contributed by atoms with van der Waals surface area (Å²) in [5, 5.41) is 9.45. The Morgan fingerprint density at radius 1 is 1.09 bits per heavy atom. The number of carbonyl (C=O) groups excluding carboxylic acids is 1. The summed E-state index contributed by atoms with van der Waals surface area (Å²) in [7, 11) is 0.280. The van der Waals surface area contributed by atoms with E-state index in [1.54, 1.807) is 0 Å². The summed E-state index contributed by atoms with van der Waals surface area (Å²) in [6.45, 7) is 10.3. The van der Waals surface area contributed by atoms with Crippen LogP contribution in [0.5, 0.6) is 0 Å². The van der Waals surface area contributed by atoms with Crippen LogP contribution < -0.4 is 0 Å². The van der Waals surface area contributed by atoms with Crippen LogP contribution in [-0.2, 0) is 19.0 Å². The van der Waals surface area contributed by atoms with Gasteiger partial charge in [0.1, 0.15) is 6.79 Å². The summed E-state index contributed by atoms with van der Waals surface area (Å²) in [4.78, 5) is 11.0. The SMILES string of the molecule is COC(=O)[C@@H](O)CCCCCC[C@@H](C)OCOCC[Si](C)(C)C. The van der Waals surface area contributed by atoms with E-state index < -0.39 is 20.1 Å². The molecule has 0 aliphatic carbocycles. The van der Waals surface area contributed by atoms with Gasteiger partial charge < -0.3 is 19.3 Å². The Hall–Kier alpha value is -0.433. The Kier molecular flexibility index (Phi) is 12.7. The summed E-state index contributed by atoms with van der Waals surface area (Å²) >= 11 is 0. The zero-order valence-electron chi connectivity index (χ0n) is 15.6. The molecular formula is C17H36O5Si. The number of esters is 1. The molecule has 138 valence electrons. The van der Waals surface area contributed by atoms with E-state index in [1.807, 2.05) is 0 Å². The average molecular weight is 349 g/mol. The first-order valence-electron chi connectivity index (χ1n) is 8.71. The van der Waals surface area contributed by atoms with Crippen molar-refractivity contribution in [1.82, 2.24) is 0 Å². The third-order valence-corrected chi connectivity index (χ3v) is 5.45. The van der Waals surface area contributed by atoms with E-state index in [-0.39, 0.29) is 6.10 Å². The van der Waals surface area contributed by atoms with Crippen molar-refractivity contribution in [3.05, 3.63) is 0 Å². The molecule has 0 saturated heterocycles. The summed E-state index contributed by atoms with van der Waals surface area (Å²) < 4.78 is 15.6. The minimum absolute atomic E-state index is 0.211. The Labute approximate surface area is 142 Å². The number of carbonyl (C=O) groups is 1. The first kappa shape index (κ1) is 22.6. The molecule has 0 radical (unpaired) electrons. The van der Waals surface area contributed by atoms with Crippen LogP contribution in [0.4, 0.5) is 0 Å². The molecule has 0 unspecified atom stereocenters. The molecule has 0 aromatic heterocycles. The topological polar surface area (TPSA) is 65.0 Å². The third-order valence-electron chi connectivity index (χ3n) is 3.74. The lowest BCUT2D eigenvalue weighted by Gasteiger charge is -2.17. The van der Waals surface area contributed by atoms with E-state index in [4.69, 9.17) is 9.47 Å². The molecular weight excluding hydrogens is 312 g/mol. The number of hydrogen-bond donors (Lipinski definition) is 1. The van der Waals surface area contributed by atoms with E-state index in [0.717, 1.165) is 38.7 Å². The molecule has 1 N–H and O–H groups in total. The van der Waals surface area contributed by atoms with Crippen LogP contribution in [0.25, 0.3) is 0 Å². The number of rotatable bonds is 14. The molecule has 0 fully saturated rings. The van der Waals surface area contributed by atoms with Crippen LogP contribution >= 0.6 is 0 Å². The van der Waals surface area contributed by atoms with Gasteiger partial charge in [-0.15, -0.1) is 0 Å². The van der Waals surface area contributed by atoms with Gasteiger partial charge in [0.25, 0.3) is 0 Å². The number of methoxy groups -OCH3 is 1. The van der Waals surface area contributed by atoms with E-state index in [1.165, 1.54) is 13.2 Å². The van der Waals surface area contributed by atoms with Gasteiger partial charge in [0.2, 0.25) is 0 Å². The Bertz CT molecular complexity index is 304. The van der Waals surface area contributed by atoms with Gasteiger partial charge in [0, 0.05) is 14.7 Å². The lowest BCUT2D eigenvalue weighted by atomic mass is 10.1. The number of aliphatic hydroxyl groups excluding tert-OH is 1. The van der Waals surface area contributed by atoms with E-state index in [2.05, 4.69) is 31.3 Å². The molecule has 5 nitrogen and oxygen atoms in total. The van der Waals surface area contributed by atoms with E-state index in [9.17, 15) is 9.90 Å². The molecule has 0 aliphatic heterocycles. The van der Waals surface area contributed by atoms with Crippen molar-refractivity contribution in [3.8, 4) is 0 Å². The predicted octanol–water partition coefficient (Wildman–Crippen LogP) is 3.58. The minimum Gasteiger partial charge on any atom is -0.467 e. The largest absolute Gasteiger partial charge is 0.467 e. The van der Waals surface area contributed by atoms with E-state index >= 15 is 0 Å². The summed E-state index contributed by atoms with van der Waals surface area (Å²) in [6.07, 6.45) is 4.74. The highest BCUT2D eigenvalue weighted by atomic mass is 28.3. The molecule has 0 heterocycles. The minimum atomic E-state index is -1.01. The molecule has 0 bridgehead atoms. The molecule has 23 heavy (non-hydrogen) atoms. The average Bonchev–Trinajstić information content (AvgIpc) is 2.48. The van der Waals surface area contributed by atoms with Crippen LogP contribution in [0.1, 0.15) is 45.4 Å². The van der Waals surface area contributed by atoms with Crippen LogP contribution in [0.3, 0.4) is 0 Å². The van der Waals surface area contributed by atoms with Crippen LogP contribution in [0.15, 0.2) is 0 Å². The highest BCUT2D eigenvalue weighted by molar-refractivity contribution is 6.76. The smallest absolute Gasteiger partial charge is 0.334 e. The van der Waals surface area contributed by atoms with Crippen LogP contribution in [0.2, 0.25) is 25.7 Å². The normalized spacial score (nSPS) is 14.5. The van der Waals surface area contributed by atoms with Gasteiger partial charge in [0.05, 0.1) is 13.2 Å². The van der Waals surface area contributed by atoms with Gasteiger partial charge in [0.15, 0.2) is 6.10 Å². The second kappa shape index (κ2) is 12.9. The molecule has 0 saturated carbocycles. The maximum Gasteiger partial charge on any atom is 0.334 e. The van der Waals surface area contributed by atoms with Crippen LogP contribution in [0, 0.1) is 0 Å². The predicted molar refractivity (Wildman–Crippen MR) is 95.2 cm³/mol. The standard InChI is InChI=1S/C17H36O5Si/c1-15(22-14-21-12-13-23(3,4)5)10-8-6-7-9-11-16(18)17(19)20-2/h15-16,18H,6-14H2,1-5H3/t15-,16+/m1/s1. The maximum absolute atomic E-state index is 11.0. The van der Waals surface area contributed by atoms with E-state index in [0.29, 0.717) is 13.2 Å². The summed E-state index contributed by atoms with van der Waals surface area (Å²) in [6, 6.07) is 1.17. The highest BCUT2D eigenvalue weighted by Gasteiger charge is 2.14. The summed E-state index contributed by atoms with van der Waals surface area (Å²) in [5.74, 6) is -0.541. The molecule has 0 aromatic rings.